The third-order valence-corrected chi connectivity index (χ3v) is 2.08. The molecule has 1 aromatic rings. The monoisotopic (exact) mass is 162 g/mol. The second-order valence-electron chi connectivity index (χ2n) is 2.80. The first kappa shape index (κ1) is 7.31. The molecule has 62 valence electrons. The van der Waals surface area contributed by atoms with Gasteiger partial charge in [-0.3, -0.25) is 4.79 Å². The van der Waals surface area contributed by atoms with E-state index in [0.29, 0.717) is 0 Å². The average molecular weight is 162 g/mol. The van der Waals surface area contributed by atoms with Crippen LogP contribution in [0, 0.1) is 0 Å². The van der Waals surface area contributed by atoms with Gasteiger partial charge >= 0.3 is 0 Å². The van der Waals surface area contributed by atoms with E-state index in [4.69, 9.17) is 0 Å². The lowest BCUT2D eigenvalue weighted by molar-refractivity contribution is -0.117. The number of amides is 1. The average Bonchev–Trinajstić information content (AvgIpc) is 2.40. The van der Waals surface area contributed by atoms with E-state index < -0.39 is 0 Å². The smallest absolute Gasteiger partial charge is 0.246 e. The number of benzene rings is 1. The maximum atomic E-state index is 11.3. The molecule has 2 N–H and O–H groups in total. The number of fused-ring (bicyclic) bond motifs is 1. The van der Waals surface area contributed by atoms with Gasteiger partial charge in [-0.15, -0.1) is 0 Å². The topological polar surface area (TPSA) is 41.1 Å². The Bertz CT molecular complexity index is 322. The molecule has 0 radical (unpaired) electrons. The highest BCUT2D eigenvalue weighted by atomic mass is 16.2. The summed E-state index contributed by atoms with van der Waals surface area (Å²) >= 11 is 0. The Morgan fingerprint density at radius 3 is 2.92 bits per heavy atom. The highest BCUT2D eigenvalue weighted by Gasteiger charge is 2.27. The Morgan fingerprint density at radius 2 is 2.17 bits per heavy atom. The molecule has 0 saturated carbocycles. The third-order valence-electron chi connectivity index (χ3n) is 2.08. The highest BCUT2D eigenvalue weighted by molar-refractivity contribution is 6.02. The maximum absolute atomic E-state index is 11.3. The zero-order valence-corrected chi connectivity index (χ0v) is 6.79. The molecule has 1 amide bonds. The summed E-state index contributed by atoms with van der Waals surface area (Å²) in [5.41, 5.74) is 1.95. The Hall–Kier alpha value is -1.35. The van der Waals surface area contributed by atoms with Crippen LogP contribution in [-0.4, -0.2) is 13.0 Å². The SMILES string of the molecule is CN[C@@H]1C(=O)Nc2ccccc21. The van der Waals surface area contributed by atoms with E-state index in [1.165, 1.54) is 0 Å². The summed E-state index contributed by atoms with van der Waals surface area (Å²) in [6.07, 6.45) is 0. The van der Waals surface area contributed by atoms with E-state index >= 15 is 0 Å². The number of para-hydroxylation sites is 1. The summed E-state index contributed by atoms with van der Waals surface area (Å²) in [6, 6.07) is 7.53. The number of hydrogen-bond acceptors (Lipinski definition) is 2. The number of rotatable bonds is 1. The van der Waals surface area contributed by atoms with Gasteiger partial charge in [-0.25, -0.2) is 0 Å². The molecule has 0 bridgehead atoms. The van der Waals surface area contributed by atoms with Gasteiger partial charge in [0.25, 0.3) is 0 Å². The summed E-state index contributed by atoms with van der Waals surface area (Å²) in [6.45, 7) is 0. The van der Waals surface area contributed by atoms with Gasteiger partial charge in [0.15, 0.2) is 0 Å². The first-order valence-electron chi connectivity index (χ1n) is 3.90. The molecule has 0 aromatic heterocycles. The van der Waals surface area contributed by atoms with Crippen LogP contribution in [0.25, 0.3) is 0 Å². The van der Waals surface area contributed by atoms with Crippen LogP contribution in [-0.2, 0) is 4.79 Å². The maximum Gasteiger partial charge on any atom is 0.246 e. The molecule has 1 aliphatic rings. The molecule has 1 aromatic carbocycles. The zero-order chi connectivity index (χ0) is 8.55. The van der Waals surface area contributed by atoms with E-state index in [1.807, 2.05) is 24.3 Å². The zero-order valence-electron chi connectivity index (χ0n) is 6.79. The predicted molar refractivity (Wildman–Crippen MR) is 46.9 cm³/mol. The van der Waals surface area contributed by atoms with Crippen molar-refractivity contribution in [2.45, 2.75) is 6.04 Å². The normalized spacial score (nSPS) is 20.4. The van der Waals surface area contributed by atoms with Crippen molar-refractivity contribution in [3.05, 3.63) is 29.8 Å². The lowest BCUT2D eigenvalue weighted by atomic mass is 10.1. The number of anilines is 1. The summed E-state index contributed by atoms with van der Waals surface area (Å²) in [4.78, 5) is 11.3. The fourth-order valence-electron chi connectivity index (χ4n) is 1.50. The molecule has 0 saturated heterocycles. The van der Waals surface area contributed by atoms with Crippen LogP contribution >= 0.6 is 0 Å². The molecule has 0 fully saturated rings. The quantitative estimate of drug-likeness (QED) is 0.644. The van der Waals surface area contributed by atoms with Gasteiger partial charge in [0.1, 0.15) is 6.04 Å². The van der Waals surface area contributed by atoms with Crippen molar-refractivity contribution < 1.29 is 4.79 Å². The Labute approximate surface area is 70.8 Å². The fourth-order valence-corrected chi connectivity index (χ4v) is 1.50. The largest absolute Gasteiger partial charge is 0.324 e. The van der Waals surface area contributed by atoms with Gasteiger partial charge in [-0.2, -0.15) is 0 Å². The van der Waals surface area contributed by atoms with Crippen LogP contribution in [0.2, 0.25) is 0 Å². The lowest BCUT2D eigenvalue weighted by Gasteiger charge is -2.04. The third kappa shape index (κ3) is 0.905. The molecule has 0 aliphatic carbocycles. The molecular weight excluding hydrogens is 152 g/mol. The van der Waals surface area contributed by atoms with Crippen molar-refractivity contribution in [1.29, 1.82) is 0 Å². The minimum atomic E-state index is -0.179. The van der Waals surface area contributed by atoms with Gasteiger partial charge in [0.05, 0.1) is 0 Å². The minimum absolute atomic E-state index is 0.0266. The second-order valence-corrected chi connectivity index (χ2v) is 2.80. The van der Waals surface area contributed by atoms with Crippen LogP contribution in [0.3, 0.4) is 0 Å². The molecule has 3 heteroatoms. The van der Waals surface area contributed by atoms with Crippen molar-refractivity contribution in [3.8, 4) is 0 Å². The van der Waals surface area contributed by atoms with Gasteiger partial charge in [0, 0.05) is 11.3 Å². The molecule has 1 heterocycles. The van der Waals surface area contributed by atoms with Crippen LogP contribution < -0.4 is 10.6 Å². The van der Waals surface area contributed by atoms with Crippen molar-refractivity contribution in [1.82, 2.24) is 5.32 Å². The second kappa shape index (κ2) is 2.60. The number of carbonyl (C=O) groups is 1. The molecule has 0 unspecified atom stereocenters. The van der Waals surface area contributed by atoms with Crippen molar-refractivity contribution in [2.24, 2.45) is 0 Å². The Kier molecular flexibility index (Phi) is 1.59. The highest BCUT2D eigenvalue weighted by Crippen LogP contribution is 2.29. The summed E-state index contributed by atoms with van der Waals surface area (Å²) in [7, 11) is 1.78. The predicted octanol–water partition coefficient (Wildman–Crippen LogP) is 0.899. The Balaban J connectivity index is 2.47. The van der Waals surface area contributed by atoms with E-state index in [0.717, 1.165) is 11.3 Å². The molecular formula is C9H10N2O. The number of carbonyl (C=O) groups excluding carboxylic acids is 1. The molecule has 1 aliphatic heterocycles. The molecule has 1 atom stereocenters. The molecule has 0 spiro atoms. The molecule has 12 heavy (non-hydrogen) atoms. The van der Waals surface area contributed by atoms with Gasteiger partial charge in [-0.1, -0.05) is 18.2 Å². The van der Waals surface area contributed by atoms with Crippen LogP contribution in [0.5, 0.6) is 0 Å². The number of likely N-dealkylation sites (N-methyl/N-ethyl adjacent to an activating group) is 1. The van der Waals surface area contributed by atoms with Crippen molar-refractivity contribution in [3.63, 3.8) is 0 Å². The van der Waals surface area contributed by atoms with E-state index in [1.54, 1.807) is 7.05 Å². The van der Waals surface area contributed by atoms with Gasteiger partial charge in [0.2, 0.25) is 5.91 Å². The fraction of sp³-hybridized carbons (Fsp3) is 0.222. The summed E-state index contributed by atoms with van der Waals surface area (Å²) < 4.78 is 0. The summed E-state index contributed by atoms with van der Waals surface area (Å²) in [5.74, 6) is 0.0266. The van der Waals surface area contributed by atoms with E-state index in [2.05, 4.69) is 10.6 Å². The van der Waals surface area contributed by atoms with Crippen LogP contribution in [0.15, 0.2) is 24.3 Å². The van der Waals surface area contributed by atoms with Gasteiger partial charge in [-0.05, 0) is 13.1 Å². The van der Waals surface area contributed by atoms with Crippen LogP contribution in [0.4, 0.5) is 5.69 Å². The summed E-state index contributed by atoms with van der Waals surface area (Å²) in [5, 5.41) is 5.75. The Morgan fingerprint density at radius 1 is 1.42 bits per heavy atom. The van der Waals surface area contributed by atoms with E-state index in [-0.39, 0.29) is 11.9 Å². The van der Waals surface area contributed by atoms with Crippen molar-refractivity contribution in [2.75, 3.05) is 12.4 Å². The lowest BCUT2D eigenvalue weighted by Crippen LogP contribution is -2.23. The minimum Gasteiger partial charge on any atom is -0.324 e. The molecule has 3 nitrogen and oxygen atoms in total. The van der Waals surface area contributed by atoms with Gasteiger partial charge < -0.3 is 10.6 Å². The number of hydrogen-bond donors (Lipinski definition) is 2. The molecule has 2 rings (SSSR count). The number of nitrogens with one attached hydrogen (secondary N) is 2. The van der Waals surface area contributed by atoms with E-state index in [9.17, 15) is 4.79 Å². The first-order chi connectivity index (χ1) is 5.83. The van der Waals surface area contributed by atoms with Crippen LogP contribution in [0.1, 0.15) is 11.6 Å². The standard InChI is InChI=1S/C9H10N2O/c1-10-8-6-4-2-3-5-7(6)11-9(8)12/h2-5,8,10H,1H3,(H,11,12)/t8-/m0/s1. The first-order valence-corrected chi connectivity index (χ1v) is 3.90. The van der Waals surface area contributed by atoms with Crippen molar-refractivity contribution >= 4 is 11.6 Å².